The molecule has 4 aromatic rings. The van der Waals surface area contributed by atoms with E-state index >= 15 is 0 Å². The first-order valence-electron chi connectivity index (χ1n) is 10.2. The Labute approximate surface area is 186 Å². The Balaban J connectivity index is 1.41. The summed E-state index contributed by atoms with van der Waals surface area (Å²) in [7, 11) is 1.74. The van der Waals surface area contributed by atoms with Gasteiger partial charge in [-0.25, -0.2) is 4.98 Å². The van der Waals surface area contributed by atoms with E-state index < -0.39 is 0 Å². The van der Waals surface area contributed by atoms with E-state index in [1.807, 2.05) is 49.4 Å². The summed E-state index contributed by atoms with van der Waals surface area (Å²) < 4.78 is 11.7. The highest BCUT2D eigenvalue weighted by atomic mass is 16.5. The number of nitrogen functional groups attached to an aromatic ring is 1. The molecular weight excluding hydrogens is 404 g/mol. The average Bonchev–Trinajstić information content (AvgIpc) is 3.13. The van der Waals surface area contributed by atoms with E-state index in [0.717, 1.165) is 28.0 Å². The predicted molar refractivity (Wildman–Crippen MR) is 124 cm³/mol. The van der Waals surface area contributed by atoms with Gasteiger partial charge in [-0.3, -0.25) is 9.78 Å². The van der Waals surface area contributed by atoms with E-state index in [4.69, 9.17) is 14.9 Å². The van der Waals surface area contributed by atoms with Crippen LogP contribution in [0.2, 0.25) is 0 Å². The molecule has 7 nitrogen and oxygen atoms in total. The van der Waals surface area contributed by atoms with Crippen molar-refractivity contribution in [2.75, 3.05) is 12.8 Å². The lowest BCUT2D eigenvalue weighted by Crippen LogP contribution is -2.24. The van der Waals surface area contributed by atoms with Crippen LogP contribution in [0, 0.1) is 6.92 Å². The number of pyridine rings is 2. The minimum atomic E-state index is -0.155. The van der Waals surface area contributed by atoms with Gasteiger partial charge in [0.25, 0.3) is 0 Å². The maximum atomic E-state index is 12.6. The molecule has 7 heteroatoms. The fraction of sp³-hybridized carbons (Fsp3) is 0.160. The number of ether oxygens (including phenoxy) is 1. The highest BCUT2D eigenvalue weighted by Gasteiger charge is 2.14. The summed E-state index contributed by atoms with van der Waals surface area (Å²) in [5.74, 6) is 1.34. The molecule has 0 saturated heterocycles. The molecule has 0 radical (unpaired) electrons. The van der Waals surface area contributed by atoms with Crippen molar-refractivity contribution in [2.24, 2.45) is 0 Å². The van der Waals surface area contributed by atoms with Gasteiger partial charge in [0, 0.05) is 36.5 Å². The summed E-state index contributed by atoms with van der Waals surface area (Å²) in [5, 5.41) is 1.06. The molecule has 0 fully saturated rings. The number of fused-ring (bicyclic) bond motifs is 1. The summed E-state index contributed by atoms with van der Waals surface area (Å²) in [6.07, 6.45) is 6.47. The standard InChI is InChI=1S/C25H24N4O3/c1-17-20-8-3-4-9-21(20)32-23(17)15-29(2)24(30)11-10-18-13-22(25(26)28-14-18)31-16-19-7-5-6-12-27-19/h3-14H,15-16H2,1-2H3,(H2,26,28). The van der Waals surface area contributed by atoms with Crippen LogP contribution < -0.4 is 10.5 Å². The SMILES string of the molecule is Cc1c(CN(C)C(=O)C=Cc2cnc(N)c(OCc3ccccn3)c2)oc2ccccc12. The Kier molecular flexibility index (Phi) is 6.17. The third-order valence-corrected chi connectivity index (χ3v) is 5.12. The molecule has 3 aromatic heterocycles. The zero-order valence-corrected chi connectivity index (χ0v) is 18.0. The molecule has 0 spiro atoms. The maximum absolute atomic E-state index is 12.6. The van der Waals surface area contributed by atoms with Crippen LogP contribution in [0.4, 0.5) is 5.82 Å². The first kappa shape index (κ1) is 21.1. The second kappa shape index (κ2) is 9.34. The number of benzene rings is 1. The zero-order chi connectivity index (χ0) is 22.5. The number of amides is 1. The first-order valence-corrected chi connectivity index (χ1v) is 10.2. The number of para-hydroxylation sites is 1. The second-order valence-electron chi connectivity index (χ2n) is 7.44. The molecule has 0 unspecified atom stereocenters. The highest BCUT2D eigenvalue weighted by Crippen LogP contribution is 2.26. The zero-order valence-electron chi connectivity index (χ0n) is 18.0. The lowest BCUT2D eigenvalue weighted by molar-refractivity contribution is -0.125. The fourth-order valence-corrected chi connectivity index (χ4v) is 3.28. The number of furan rings is 1. The number of hydrogen-bond acceptors (Lipinski definition) is 6. The van der Waals surface area contributed by atoms with E-state index in [0.29, 0.717) is 17.9 Å². The fourth-order valence-electron chi connectivity index (χ4n) is 3.28. The number of carbonyl (C=O) groups is 1. The quantitative estimate of drug-likeness (QED) is 0.440. The molecule has 3 heterocycles. The number of rotatable bonds is 7. The minimum Gasteiger partial charge on any atom is -0.483 e. The van der Waals surface area contributed by atoms with Crippen molar-refractivity contribution in [3.63, 3.8) is 0 Å². The van der Waals surface area contributed by atoms with Crippen LogP contribution in [-0.2, 0) is 17.9 Å². The first-order chi connectivity index (χ1) is 15.5. The van der Waals surface area contributed by atoms with E-state index in [2.05, 4.69) is 9.97 Å². The molecule has 2 N–H and O–H groups in total. The Hall–Kier alpha value is -4.13. The Morgan fingerprint density at radius 3 is 2.78 bits per heavy atom. The summed E-state index contributed by atoms with van der Waals surface area (Å²) in [5.41, 5.74) is 9.28. The van der Waals surface area contributed by atoms with Crippen molar-refractivity contribution in [3.05, 3.63) is 89.6 Å². The number of nitrogens with zero attached hydrogens (tertiary/aromatic N) is 3. The predicted octanol–water partition coefficient (Wildman–Crippen LogP) is 4.36. The van der Waals surface area contributed by atoms with Crippen LogP contribution >= 0.6 is 0 Å². The van der Waals surface area contributed by atoms with Crippen LogP contribution in [0.15, 0.2) is 71.4 Å². The Morgan fingerprint density at radius 1 is 1.19 bits per heavy atom. The van der Waals surface area contributed by atoms with Crippen molar-refractivity contribution >= 4 is 28.8 Å². The number of nitrogens with two attached hydrogens (primary N) is 1. The molecular formula is C25H24N4O3. The molecule has 0 aliphatic rings. The molecule has 4 rings (SSSR count). The average molecular weight is 428 g/mol. The molecule has 32 heavy (non-hydrogen) atoms. The summed E-state index contributed by atoms with van der Waals surface area (Å²) in [6.45, 7) is 2.66. The van der Waals surface area contributed by atoms with Crippen LogP contribution in [0.5, 0.6) is 5.75 Å². The van der Waals surface area contributed by atoms with Crippen molar-refractivity contribution in [2.45, 2.75) is 20.1 Å². The molecule has 0 aliphatic heterocycles. The summed E-state index contributed by atoms with van der Waals surface area (Å²) >= 11 is 0. The monoisotopic (exact) mass is 428 g/mol. The van der Waals surface area contributed by atoms with Crippen molar-refractivity contribution in [1.82, 2.24) is 14.9 Å². The van der Waals surface area contributed by atoms with Gasteiger partial charge in [-0.2, -0.15) is 0 Å². The van der Waals surface area contributed by atoms with E-state index in [1.54, 1.807) is 36.5 Å². The van der Waals surface area contributed by atoms with Gasteiger partial charge in [0.15, 0.2) is 11.6 Å². The van der Waals surface area contributed by atoms with Gasteiger partial charge in [-0.1, -0.05) is 24.3 Å². The number of carbonyl (C=O) groups excluding carboxylic acids is 1. The summed E-state index contributed by atoms with van der Waals surface area (Å²) in [6, 6.07) is 15.2. The molecule has 0 bridgehead atoms. The molecule has 0 saturated carbocycles. The number of aryl methyl sites for hydroxylation is 1. The normalized spacial score (nSPS) is 11.2. The molecule has 0 atom stereocenters. The van der Waals surface area contributed by atoms with Gasteiger partial charge in [0.05, 0.1) is 12.2 Å². The topological polar surface area (TPSA) is 94.5 Å². The van der Waals surface area contributed by atoms with Gasteiger partial charge in [-0.05, 0) is 42.8 Å². The van der Waals surface area contributed by atoms with E-state index in [1.165, 1.54) is 6.08 Å². The lowest BCUT2D eigenvalue weighted by atomic mass is 10.1. The third kappa shape index (κ3) is 4.78. The van der Waals surface area contributed by atoms with Gasteiger partial charge < -0.3 is 19.8 Å². The minimum absolute atomic E-state index is 0.155. The van der Waals surface area contributed by atoms with Crippen molar-refractivity contribution in [3.8, 4) is 5.75 Å². The largest absolute Gasteiger partial charge is 0.483 e. The van der Waals surface area contributed by atoms with Crippen LogP contribution in [0.3, 0.4) is 0 Å². The highest BCUT2D eigenvalue weighted by molar-refractivity contribution is 5.91. The van der Waals surface area contributed by atoms with E-state index in [-0.39, 0.29) is 18.3 Å². The number of aromatic nitrogens is 2. The van der Waals surface area contributed by atoms with E-state index in [9.17, 15) is 4.79 Å². The third-order valence-electron chi connectivity index (χ3n) is 5.12. The Morgan fingerprint density at radius 2 is 2.00 bits per heavy atom. The molecule has 1 amide bonds. The number of likely N-dealkylation sites (N-methyl/N-ethyl adjacent to an activating group) is 1. The maximum Gasteiger partial charge on any atom is 0.246 e. The molecule has 162 valence electrons. The van der Waals surface area contributed by atoms with Gasteiger partial charge in [0.2, 0.25) is 5.91 Å². The van der Waals surface area contributed by atoms with Crippen molar-refractivity contribution < 1.29 is 13.9 Å². The number of anilines is 1. The molecule has 0 aliphatic carbocycles. The van der Waals surface area contributed by atoms with Crippen molar-refractivity contribution in [1.29, 1.82) is 0 Å². The van der Waals surface area contributed by atoms with Crippen LogP contribution in [-0.4, -0.2) is 27.8 Å². The van der Waals surface area contributed by atoms with Gasteiger partial charge >= 0.3 is 0 Å². The Bertz CT molecular complexity index is 1260. The number of hydrogen-bond donors (Lipinski definition) is 1. The lowest BCUT2D eigenvalue weighted by Gasteiger charge is -2.14. The smallest absolute Gasteiger partial charge is 0.246 e. The second-order valence-corrected chi connectivity index (χ2v) is 7.44. The van der Waals surface area contributed by atoms with Gasteiger partial charge in [0.1, 0.15) is 18.0 Å². The van der Waals surface area contributed by atoms with Crippen LogP contribution in [0.1, 0.15) is 22.6 Å². The summed E-state index contributed by atoms with van der Waals surface area (Å²) in [4.78, 5) is 22.6. The van der Waals surface area contributed by atoms with Gasteiger partial charge in [-0.15, -0.1) is 0 Å². The molecule has 1 aromatic carbocycles. The van der Waals surface area contributed by atoms with Crippen LogP contribution in [0.25, 0.3) is 17.0 Å².